The molecule has 34 heavy (non-hydrogen) atoms. The van der Waals surface area contributed by atoms with Gasteiger partial charge in [-0.2, -0.15) is 0 Å². The van der Waals surface area contributed by atoms with Crippen molar-refractivity contribution in [2.24, 2.45) is 0 Å². The average molecular weight is 463 g/mol. The maximum atomic E-state index is 12.9. The van der Waals surface area contributed by atoms with Gasteiger partial charge in [0, 0.05) is 12.7 Å². The first-order valence-electron chi connectivity index (χ1n) is 10.5. The predicted octanol–water partition coefficient (Wildman–Crippen LogP) is 3.03. The maximum Gasteiger partial charge on any atom is 0.322 e. The van der Waals surface area contributed by atoms with Crippen LogP contribution in [0.4, 0.5) is 4.79 Å². The number of benzene rings is 1. The lowest BCUT2D eigenvalue weighted by atomic mass is 9.89. The van der Waals surface area contributed by atoms with E-state index in [0.717, 1.165) is 0 Å². The van der Waals surface area contributed by atoms with Crippen molar-refractivity contribution in [2.45, 2.75) is 12.5 Å². The Labute approximate surface area is 197 Å². The third-order valence-corrected chi connectivity index (χ3v) is 5.16. The Morgan fingerprint density at radius 1 is 1.18 bits per heavy atom. The fourth-order valence-electron chi connectivity index (χ4n) is 3.48. The van der Waals surface area contributed by atoms with Gasteiger partial charge < -0.3 is 19.7 Å². The Morgan fingerprint density at radius 2 is 1.94 bits per heavy atom. The zero-order chi connectivity index (χ0) is 24.6. The fourth-order valence-corrected chi connectivity index (χ4v) is 3.48. The summed E-state index contributed by atoms with van der Waals surface area (Å²) >= 11 is 0. The Morgan fingerprint density at radius 3 is 2.50 bits per heavy atom. The summed E-state index contributed by atoms with van der Waals surface area (Å²) in [5.74, 6) is 1.18. The third kappa shape index (κ3) is 5.69. The van der Waals surface area contributed by atoms with Gasteiger partial charge in [-0.05, 0) is 54.5 Å². The number of ether oxygens (including phenoxy) is 2. The molecular weight excluding hydrogens is 436 g/mol. The van der Waals surface area contributed by atoms with E-state index < -0.39 is 17.5 Å². The molecule has 2 aromatic rings. The van der Waals surface area contributed by atoms with Crippen LogP contribution < -0.4 is 15.4 Å². The normalized spacial score (nSPS) is 17.8. The lowest BCUT2D eigenvalue weighted by molar-refractivity contribution is -0.126. The number of nitrogens with zero attached hydrogens (tertiary/aromatic N) is 2. The van der Waals surface area contributed by atoms with E-state index in [4.69, 9.17) is 9.47 Å². The van der Waals surface area contributed by atoms with Crippen LogP contribution in [-0.4, -0.2) is 48.4 Å². The van der Waals surface area contributed by atoms with Crippen LogP contribution in [0.5, 0.6) is 11.5 Å². The van der Waals surface area contributed by atoms with Gasteiger partial charge in [0.05, 0.1) is 19.9 Å². The highest BCUT2D eigenvalue weighted by atomic mass is 16.5. The number of carbonyl (C=O) groups is 3. The predicted molar refractivity (Wildman–Crippen MR) is 126 cm³/mol. The first kappa shape index (κ1) is 24.2. The molecule has 1 fully saturated rings. The van der Waals surface area contributed by atoms with Crippen molar-refractivity contribution in [3.05, 3.63) is 90.5 Å². The summed E-state index contributed by atoms with van der Waals surface area (Å²) in [6, 6.07) is 9.58. The van der Waals surface area contributed by atoms with Gasteiger partial charge >= 0.3 is 6.03 Å². The third-order valence-electron chi connectivity index (χ3n) is 5.16. The van der Waals surface area contributed by atoms with E-state index in [1.807, 2.05) is 6.92 Å². The van der Waals surface area contributed by atoms with Crippen LogP contribution >= 0.6 is 0 Å². The molecule has 0 saturated carbocycles. The molecule has 1 aromatic heterocycles. The van der Waals surface area contributed by atoms with E-state index in [-0.39, 0.29) is 13.1 Å². The molecule has 3 rings (SSSR count). The lowest BCUT2D eigenvalue weighted by Crippen LogP contribution is -2.52. The van der Waals surface area contributed by atoms with Gasteiger partial charge in [-0.1, -0.05) is 24.8 Å². The van der Waals surface area contributed by atoms with Crippen molar-refractivity contribution in [3.63, 3.8) is 0 Å². The number of aromatic nitrogens is 1. The number of hydrogen-bond acceptors (Lipinski definition) is 6. The molecule has 9 nitrogen and oxygen atoms in total. The number of imide groups is 1. The SMILES string of the molecule is C=C(/C=C\C(=C/C)OC)CN(C=O)C[C@@]1(c2ccc(Oc3cccnc3)cc2)NC(=O)NC1=O. The zero-order valence-corrected chi connectivity index (χ0v) is 19.0. The summed E-state index contributed by atoms with van der Waals surface area (Å²) < 4.78 is 10.9. The van der Waals surface area contributed by atoms with Crippen LogP contribution in [0.1, 0.15) is 12.5 Å². The van der Waals surface area contributed by atoms with Gasteiger partial charge in [-0.15, -0.1) is 0 Å². The summed E-state index contributed by atoms with van der Waals surface area (Å²) in [5, 5.41) is 4.95. The Kier molecular flexibility index (Phi) is 7.81. The van der Waals surface area contributed by atoms with Crippen molar-refractivity contribution in [1.82, 2.24) is 20.5 Å². The molecule has 176 valence electrons. The number of nitrogens with one attached hydrogen (secondary N) is 2. The molecule has 1 atom stereocenters. The Bertz CT molecular complexity index is 1110. The molecule has 2 N–H and O–H groups in total. The minimum atomic E-state index is -1.46. The highest BCUT2D eigenvalue weighted by Gasteiger charge is 2.48. The van der Waals surface area contributed by atoms with Crippen LogP contribution in [0.3, 0.4) is 0 Å². The fraction of sp³-hybridized carbons (Fsp3) is 0.200. The van der Waals surface area contributed by atoms with E-state index in [2.05, 4.69) is 22.2 Å². The largest absolute Gasteiger partial charge is 0.497 e. The first-order chi connectivity index (χ1) is 16.4. The number of methoxy groups -OCH3 is 1. The van der Waals surface area contributed by atoms with E-state index in [9.17, 15) is 14.4 Å². The van der Waals surface area contributed by atoms with Gasteiger partial charge in [-0.25, -0.2) is 4.79 Å². The second kappa shape index (κ2) is 11.0. The minimum absolute atomic E-state index is 0.0928. The summed E-state index contributed by atoms with van der Waals surface area (Å²) in [4.78, 5) is 42.2. The maximum absolute atomic E-state index is 12.9. The molecule has 0 spiro atoms. The first-order valence-corrected chi connectivity index (χ1v) is 10.5. The number of allylic oxidation sites excluding steroid dienone is 2. The molecule has 0 aliphatic carbocycles. The molecule has 1 aliphatic heterocycles. The molecule has 1 saturated heterocycles. The molecule has 0 radical (unpaired) electrons. The van der Waals surface area contributed by atoms with E-state index >= 15 is 0 Å². The second-order valence-electron chi connectivity index (χ2n) is 7.53. The van der Waals surface area contributed by atoms with Gasteiger partial charge in [0.2, 0.25) is 6.41 Å². The highest BCUT2D eigenvalue weighted by Crippen LogP contribution is 2.29. The molecular formula is C25H26N4O5. The highest BCUT2D eigenvalue weighted by molar-refractivity contribution is 6.07. The van der Waals surface area contributed by atoms with Crippen LogP contribution in [0, 0.1) is 0 Å². The molecule has 9 heteroatoms. The summed E-state index contributed by atoms with van der Waals surface area (Å²) in [6.45, 7) is 5.85. The summed E-state index contributed by atoms with van der Waals surface area (Å²) in [6.07, 6.45) is 9.07. The number of pyridine rings is 1. The van der Waals surface area contributed by atoms with Crippen LogP contribution in [0.25, 0.3) is 0 Å². The number of carbonyl (C=O) groups excluding carboxylic acids is 3. The van der Waals surface area contributed by atoms with Gasteiger partial charge in [0.1, 0.15) is 17.3 Å². The molecule has 2 heterocycles. The molecule has 1 aliphatic rings. The van der Waals surface area contributed by atoms with Crippen molar-refractivity contribution in [2.75, 3.05) is 20.2 Å². The van der Waals surface area contributed by atoms with E-state index in [0.29, 0.717) is 34.8 Å². The zero-order valence-electron chi connectivity index (χ0n) is 19.0. The van der Waals surface area contributed by atoms with Crippen molar-refractivity contribution >= 4 is 18.3 Å². The lowest BCUT2D eigenvalue weighted by Gasteiger charge is -2.31. The smallest absolute Gasteiger partial charge is 0.322 e. The average Bonchev–Trinajstić information content (AvgIpc) is 3.13. The quantitative estimate of drug-likeness (QED) is 0.230. The molecule has 0 bridgehead atoms. The molecule has 1 aromatic carbocycles. The van der Waals surface area contributed by atoms with Gasteiger partial charge in [-0.3, -0.25) is 19.9 Å². The van der Waals surface area contributed by atoms with E-state index in [1.54, 1.807) is 74.1 Å². The Balaban J connectivity index is 1.80. The standard InChI is InChI=1S/C25H26N4O5/c1-4-20(33-3)10-7-18(2)15-29(17-30)16-25(23(31)27-24(32)28-25)19-8-11-21(12-9-19)34-22-6-5-13-26-14-22/h4-14,17H,2,15-16H2,1,3H3,(H2,27,28,31,32)/b10-7-,20-4+/t25-/m0/s1. The number of hydrogen-bond donors (Lipinski definition) is 2. The number of urea groups is 1. The monoisotopic (exact) mass is 462 g/mol. The van der Waals surface area contributed by atoms with Crippen molar-refractivity contribution in [1.29, 1.82) is 0 Å². The summed E-state index contributed by atoms with van der Waals surface area (Å²) in [5.41, 5.74) is -0.350. The van der Waals surface area contributed by atoms with Crippen LogP contribution in [0.15, 0.2) is 84.9 Å². The molecule has 0 unspecified atom stereocenters. The second-order valence-corrected chi connectivity index (χ2v) is 7.53. The Hall–Kier alpha value is -4.40. The van der Waals surface area contributed by atoms with Crippen molar-refractivity contribution in [3.8, 4) is 11.5 Å². The van der Waals surface area contributed by atoms with Gasteiger partial charge in [0.15, 0.2) is 5.54 Å². The number of amides is 4. The summed E-state index contributed by atoms with van der Waals surface area (Å²) in [7, 11) is 1.55. The van der Waals surface area contributed by atoms with E-state index in [1.165, 1.54) is 4.90 Å². The van der Waals surface area contributed by atoms with Crippen molar-refractivity contribution < 1.29 is 23.9 Å². The van der Waals surface area contributed by atoms with Crippen LogP contribution in [0.2, 0.25) is 0 Å². The number of rotatable bonds is 11. The van der Waals surface area contributed by atoms with Gasteiger partial charge in [0.25, 0.3) is 5.91 Å². The molecule has 4 amide bonds. The topological polar surface area (TPSA) is 110 Å². The minimum Gasteiger partial charge on any atom is -0.497 e. The van der Waals surface area contributed by atoms with Crippen LogP contribution in [-0.2, 0) is 19.9 Å².